The second-order valence-electron chi connectivity index (χ2n) is 7.67. The molecule has 1 saturated carbocycles. The Morgan fingerprint density at radius 2 is 1.83 bits per heavy atom. The summed E-state index contributed by atoms with van der Waals surface area (Å²) in [6, 6.07) is 8.49. The fourth-order valence-electron chi connectivity index (χ4n) is 4.31. The molecule has 0 saturated heterocycles. The molecular formula is C20H29NOSi. The van der Waals surface area contributed by atoms with E-state index < -0.39 is 8.24 Å². The van der Waals surface area contributed by atoms with Crippen molar-refractivity contribution in [2.24, 2.45) is 17.8 Å². The minimum absolute atomic E-state index is 0.761. The molecule has 23 heavy (non-hydrogen) atoms. The summed E-state index contributed by atoms with van der Waals surface area (Å²) < 4.78 is 7.83. The minimum Gasteiger partial charge on any atom is -0.497 e. The van der Waals surface area contributed by atoms with Gasteiger partial charge in [0.1, 0.15) is 5.75 Å². The van der Waals surface area contributed by atoms with Gasteiger partial charge in [-0.25, -0.2) is 0 Å². The summed E-state index contributed by atoms with van der Waals surface area (Å²) in [5.74, 6) is 3.30. The number of hydrogen-bond donors (Lipinski definition) is 0. The second kappa shape index (κ2) is 6.20. The van der Waals surface area contributed by atoms with Crippen molar-refractivity contribution in [2.75, 3.05) is 18.7 Å². The van der Waals surface area contributed by atoms with Crippen molar-refractivity contribution in [2.45, 2.75) is 32.9 Å². The van der Waals surface area contributed by atoms with Crippen LogP contribution in [0.4, 0.5) is 5.69 Å². The Morgan fingerprint density at radius 1 is 1.13 bits per heavy atom. The first-order valence-electron chi connectivity index (χ1n) is 8.70. The first-order valence-corrected chi connectivity index (χ1v) is 11.6. The monoisotopic (exact) mass is 327 g/mol. The molecule has 1 fully saturated rings. The van der Waals surface area contributed by atoms with Crippen LogP contribution >= 0.6 is 0 Å². The van der Waals surface area contributed by atoms with Crippen molar-refractivity contribution in [1.82, 2.24) is 0 Å². The lowest BCUT2D eigenvalue weighted by molar-refractivity contribution is 0.415. The van der Waals surface area contributed by atoms with Crippen LogP contribution in [0.2, 0.25) is 13.1 Å². The van der Waals surface area contributed by atoms with E-state index in [4.69, 9.17) is 4.74 Å². The third kappa shape index (κ3) is 2.99. The van der Waals surface area contributed by atoms with Gasteiger partial charge in [0.15, 0.2) is 8.24 Å². The smallest absolute Gasteiger partial charge is 0.178 e. The molecule has 0 N–H and O–H groups in total. The quantitative estimate of drug-likeness (QED) is 0.719. The van der Waals surface area contributed by atoms with Crippen molar-refractivity contribution >= 4 is 13.9 Å². The highest BCUT2D eigenvalue weighted by molar-refractivity contribution is 6.87. The van der Waals surface area contributed by atoms with Gasteiger partial charge in [-0.2, -0.15) is 0 Å². The molecule has 3 rings (SSSR count). The van der Waals surface area contributed by atoms with Crippen LogP contribution in [-0.4, -0.2) is 22.4 Å². The van der Waals surface area contributed by atoms with Gasteiger partial charge in [0.25, 0.3) is 0 Å². The van der Waals surface area contributed by atoms with Crippen LogP contribution in [0.15, 0.2) is 47.7 Å². The highest BCUT2D eigenvalue weighted by Gasteiger charge is 2.42. The van der Waals surface area contributed by atoms with Gasteiger partial charge >= 0.3 is 0 Å². The lowest BCUT2D eigenvalue weighted by Crippen LogP contribution is -2.51. The average molecular weight is 328 g/mol. The topological polar surface area (TPSA) is 12.5 Å². The summed E-state index contributed by atoms with van der Waals surface area (Å²) in [5.41, 5.74) is 1.29. The molecule has 0 spiro atoms. The summed E-state index contributed by atoms with van der Waals surface area (Å²) in [6.45, 7) is 7.38. The zero-order valence-electron chi connectivity index (χ0n) is 15.0. The summed E-state index contributed by atoms with van der Waals surface area (Å²) in [5, 5.41) is 1.72. The van der Waals surface area contributed by atoms with E-state index in [0.717, 1.165) is 23.5 Å². The van der Waals surface area contributed by atoms with Crippen LogP contribution in [-0.2, 0) is 0 Å². The molecule has 0 amide bonds. The van der Waals surface area contributed by atoms with Gasteiger partial charge in [-0.05, 0) is 75.0 Å². The lowest BCUT2D eigenvalue weighted by atomic mass is 9.91. The number of fused-ring (bicyclic) bond motifs is 1. The summed E-state index contributed by atoms with van der Waals surface area (Å²) in [4.78, 5) is 0. The standard InChI is InChI=1S/C20H29NOSi/c1-15-13-16-7-6-8-20(19(16)14-15)23(4,5)21(2)17-9-11-18(22-3)12-10-17/h6-12,15-16,19H,13-14H2,1-5H3. The molecule has 2 aliphatic rings. The van der Waals surface area contributed by atoms with Crippen molar-refractivity contribution in [3.8, 4) is 5.75 Å². The molecule has 0 bridgehead atoms. The molecule has 3 atom stereocenters. The van der Waals surface area contributed by atoms with Gasteiger partial charge < -0.3 is 9.30 Å². The minimum atomic E-state index is -1.69. The molecule has 3 heteroatoms. The molecule has 2 nitrogen and oxygen atoms in total. The fraction of sp³-hybridized carbons (Fsp3) is 0.500. The van der Waals surface area contributed by atoms with E-state index in [9.17, 15) is 0 Å². The van der Waals surface area contributed by atoms with Crippen LogP contribution in [0, 0.1) is 17.8 Å². The number of methoxy groups -OCH3 is 1. The van der Waals surface area contributed by atoms with Crippen LogP contribution in [0.25, 0.3) is 0 Å². The van der Waals surface area contributed by atoms with Crippen LogP contribution in [0.3, 0.4) is 0 Å². The fourth-order valence-corrected chi connectivity index (χ4v) is 7.23. The van der Waals surface area contributed by atoms with Crippen molar-refractivity contribution in [3.63, 3.8) is 0 Å². The van der Waals surface area contributed by atoms with Crippen LogP contribution in [0.5, 0.6) is 5.75 Å². The molecule has 0 heterocycles. The first kappa shape index (κ1) is 16.4. The molecule has 0 aliphatic heterocycles. The van der Waals surface area contributed by atoms with Gasteiger partial charge in [-0.3, -0.25) is 0 Å². The van der Waals surface area contributed by atoms with E-state index in [2.05, 4.69) is 74.1 Å². The Kier molecular flexibility index (Phi) is 4.41. The predicted octanol–water partition coefficient (Wildman–Crippen LogP) is 5.03. The molecule has 124 valence electrons. The molecule has 1 aromatic carbocycles. The maximum absolute atomic E-state index is 5.29. The number of nitrogens with zero attached hydrogens (tertiary/aromatic N) is 1. The normalized spacial score (nSPS) is 26.7. The number of allylic oxidation sites excluding steroid dienone is 4. The van der Waals surface area contributed by atoms with Crippen LogP contribution < -0.4 is 9.30 Å². The number of anilines is 1. The average Bonchev–Trinajstić information content (AvgIpc) is 2.94. The molecule has 2 aliphatic carbocycles. The first-order chi connectivity index (χ1) is 10.9. The Hall–Kier alpha value is -1.48. The van der Waals surface area contributed by atoms with Gasteiger partial charge in [0, 0.05) is 5.69 Å². The van der Waals surface area contributed by atoms with E-state index in [-0.39, 0.29) is 0 Å². The van der Waals surface area contributed by atoms with E-state index in [1.165, 1.54) is 18.5 Å². The van der Waals surface area contributed by atoms with Gasteiger partial charge in [-0.15, -0.1) is 0 Å². The van der Waals surface area contributed by atoms with Crippen LogP contribution in [0.1, 0.15) is 19.8 Å². The highest BCUT2D eigenvalue weighted by Crippen LogP contribution is 2.46. The summed E-state index contributed by atoms with van der Waals surface area (Å²) in [6.07, 6.45) is 9.88. The summed E-state index contributed by atoms with van der Waals surface area (Å²) >= 11 is 0. The Morgan fingerprint density at radius 3 is 2.48 bits per heavy atom. The maximum atomic E-state index is 5.29. The zero-order valence-corrected chi connectivity index (χ0v) is 16.0. The number of benzene rings is 1. The number of rotatable bonds is 4. The molecule has 1 aromatic rings. The van der Waals surface area contributed by atoms with E-state index >= 15 is 0 Å². The molecule has 0 aromatic heterocycles. The highest BCUT2D eigenvalue weighted by atomic mass is 28.3. The largest absolute Gasteiger partial charge is 0.497 e. The van der Waals surface area contributed by atoms with Crippen molar-refractivity contribution in [1.29, 1.82) is 0 Å². The Labute approximate surface area is 141 Å². The van der Waals surface area contributed by atoms with E-state index in [1.807, 2.05) is 0 Å². The number of hydrogen-bond acceptors (Lipinski definition) is 2. The Balaban J connectivity index is 1.87. The predicted molar refractivity (Wildman–Crippen MR) is 101 cm³/mol. The van der Waals surface area contributed by atoms with Gasteiger partial charge in [0.2, 0.25) is 0 Å². The third-order valence-electron chi connectivity index (χ3n) is 5.89. The van der Waals surface area contributed by atoms with E-state index in [0.29, 0.717) is 0 Å². The molecular weight excluding hydrogens is 298 g/mol. The van der Waals surface area contributed by atoms with Gasteiger partial charge in [-0.1, -0.05) is 30.3 Å². The second-order valence-corrected chi connectivity index (χ2v) is 12.0. The van der Waals surface area contributed by atoms with Gasteiger partial charge in [0.05, 0.1) is 7.11 Å². The molecule has 0 radical (unpaired) electrons. The summed E-state index contributed by atoms with van der Waals surface area (Å²) in [7, 11) is 2.30. The van der Waals surface area contributed by atoms with Crippen molar-refractivity contribution < 1.29 is 4.74 Å². The number of ether oxygens (including phenoxy) is 1. The van der Waals surface area contributed by atoms with Crippen molar-refractivity contribution in [3.05, 3.63) is 47.7 Å². The third-order valence-corrected chi connectivity index (χ3v) is 9.77. The Bertz CT molecular complexity index is 617. The lowest BCUT2D eigenvalue weighted by Gasteiger charge is -2.42. The van der Waals surface area contributed by atoms with E-state index in [1.54, 1.807) is 12.3 Å². The molecule has 3 unspecified atom stereocenters. The zero-order chi connectivity index (χ0) is 16.6. The maximum Gasteiger partial charge on any atom is 0.178 e. The SMILES string of the molecule is COc1ccc(N(C)[Si](C)(C)C2=CC=CC3CC(C)CC23)cc1.